The Balaban J connectivity index is 1.15. The van der Waals surface area contributed by atoms with Crippen molar-refractivity contribution >= 4 is 11.8 Å². The molecule has 5 nitrogen and oxygen atoms in total. The zero-order chi connectivity index (χ0) is 17.2. The highest BCUT2D eigenvalue weighted by molar-refractivity contribution is 5.80. The summed E-state index contributed by atoms with van der Waals surface area (Å²) in [5.74, 6) is 2.79. The van der Waals surface area contributed by atoms with E-state index in [0.717, 1.165) is 64.4 Å². The van der Waals surface area contributed by atoms with E-state index in [1.807, 2.05) is 0 Å². The number of hydrogen-bond donors (Lipinski definition) is 1. The number of nitrogens with one attached hydrogen (secondary N) is 1. The molecule has 0 aromatic heterocycles. The lowest BCUT2D eigenvalue weighted by Gasteiger charge is -2.37. The van der Waals surface area contributed by atoms with E-state index >= 15 is 0 Å². The normalized spacial score (nSPS) is 33.1. The molecule has 25 heavy (non-hydrogen) atoms. The van der Waals surface area contributed by atoms with Gasteiger partial charge in [-0.3, -0.25) is 14.5 Å². The largest absolute Gasteiger partial charge is 0.355 e. The van der Waals surface area contributed by atoms with Crippen molar-refractivity contribution in [3.63, 3.8) is 0 Å². The summed E-state index contributed by atoms with van der Waals surface area (Å²) in [6, 6.07) is 0. The Morgan fingerprint density at radius 3 is 2.32 bits per heavy atom. The second-order valence-electron chi connectivity index (χ2n) is 8.72. The minimum Gasteiger partial charge on any atom is -0.355 e. The molecular formula is C20H33N3O2. The van der Waals surface area contributed by atoms with Gasteiger partial charge >= 0.3 is 0 Å². The predicted octanol–water partition coefficient (Wildman–Crippen LogP) is 1.87. The van der Waals surface area contributed by atoms with Crippen LogP contribution in [0.5, 0.6) is 0 Å². The fraction of sp³-hybridized carbons (Fsp3) is 0.900. The van der Waals surface area contributed by atoms with Gasteiger partial charge in [0.1, 0.15) is 0 Å². The molecule has 4 rings (SSSR count). The van der Waals surface area contributed by atoms with Crippen LogP contribution < -0.4 is 5.32 Å². The maximum atomic E-state index is 12.8. The second-order valence-corrected chi connectivity index (χ2v) is 8.72. The summed E-state index contributed by atoms with van der Waals surface area (Å²) < 4.78 is 0. The van der Waals surface area contributed by atoms with Gasteiger partial charge in [-0.1, -0.05) is 19.3 Å². The third-order valence-electron chi connectivity index (χ3n) is 7.19. The molecule has 1 heterocycles. The van der Waals surface area contributed by atoms with Crippen molar-refractivity contribution in [2.24, 2.45) is 23.7 Å². The van der Waals surface area contributed by atoms with Crippen molar-refractivity contribution in [2.45, 2.75) is 51.4 Å². The number of nitrogens with zero attached hydrogens (tertiary/aromatic N) is 2. The summed E-state index contributed by atoms with van der Waals surface area (Å²) in [5, 5.41) is 3.11. The number of amides is 2. The number of piperazine rings is 1. The summed E-state index contributed by atoms with van der Waals surface area (Å²) in [4.78, 5) is 29.4. The SMILES string of the molecule is O=C(NCCN1CCN(C(=O)[C@@H]2C[C@H]3CC[C@H]2C3)CC1)C1CCCC1. The van der Waals surface area contributed by atoms with Crippen molar-refractivity contribution < 1.29 is 9.59 Å². The molecule has 1 aliphatic heterocycles. The highest BCUT2D eigenvalue weighted by Crippen LogP contribution is 2.48. The average molecular weight is 348 g/mol. The van der Waals surface area contributed by atoms with Crippen LogP contribution in [0, 0.1) is 23.7 Å². The molecule has 1 N–H and O–H groups in total. The Bertz CT molecular complexity index is 495. The molecule has 2 amide bonds. The van der Waals surface area contributed by atoms with Gasteiger partial charge in [-0.05, 0) is 43.9 Å². The fourth-order valence-corrected chi connectivity index (χ4v) is 5.64. The molecule has 4 aliphatic rings. The van der Waals surface area contributed by atoms with Crippen LogP contribution in [0.1, 0.15) is 51.4 Å². The van der Waals surface area contributed by atoms with Crippen LogP contribution in [0.3, 0.4) is 0 Å². The molecule has 0 spiro atoms. The second kappa shape index (κ2) is 7.65. The first kappa shape index (κ1) is 17.3. The van der Waals surface area contributed by atoms with Gasteiger partial charge in [0.25, 0.3) is 0 Å². The summed E-state index contributed by atoms with van der Waals surface area (Å²) in [6.45, 7) is 5.29. The van der Waals surface area contributed by atoms with E-state index in [0.29, 0.717) is 17.7 Å². The van der Waals surface area contributed by atoms with Crippen LogP contribution in [-0.2, 0) is 9.59 Å². The van der Waals surface area contributed by atoms with Gasteiger partial charge in [0.2, 0.25) is 11.8 Å². The molecule has 0 aromatic carbocycles. The van der Waals surface area contributed by atoms with E-state index in [2.05, 4.69) is 15.1 Å². The topological polar surface area (TPSA) is 52.7 Å². The van der Waals surface area contributed by atoms with Crippen molar-refractivity contribution in [3.05, 3.63) is 0 Å². The summed E-state index contributed by atoms with van der Waals surface area (Å²) in [6.07, 6.45) is 9.63. The van der Waals surface area contributed by atoms with E-state index in [1.54, 1.807) is 0 Å². The van der Waals surface area contributed by atoms with Crippen LogP contribution in [0.25, 0.3) is 0 Å². The molecule has 2 bridgehead atoms. The number of carbonyl (C=O) groups excluding carboxylic acids is 2. The third-order valence-corrected chi connectivity index (χ3v) is 7.19. The summed E-state index contributed by atoms with van der Waals surface area (Å²) >= 11 is 0. The highest BCUT2D eigenvalue weighted by atomic mass is 16.2. The Labute approximate surface area is 151 Å². The number of carbonyl (C=O) groups is 2. The lowest BCUT2D eigenvalue weighted by molar-refractivity contribution is -0.139. The first-order valence-corrected chi connectivity index (χ1v) is 10.5. The van der Waals surface area contributed by atoms with E-state index in [9.17, 15) is 9.59 Å². The molecule has 0 radical (unpaired) electrons. The van der Waals surface area contributed by atoms with Crippen LogP contribution in [0.15, 0.2) is 0 Å². The molecule has 3 aliphatic carbocycles. The van der Waals surface area contributed by atoms with E-state index in [-0.39, 0.29) is 11.8 Å². The zero-order valence-electron chi connectivity index (χ0n) is 15.4. The molecule has 5 heteroatoms. The minimum atomic E-state index is 0.252. The van der Waals surface area contributed by atoms with Gasteiger partial charge in [0.05, 0.1) is 0 Å². The van der Waals surface area contributed by atoms with Gasteiger partial charge < -0.3 is 10.2 Å². The molecular weight excluding hydrogens is 314 g/mol. The van der Waals surface area contributed by atoms with E-state index < -0.39 is 0 Å². The Morgan fingerprint density at radius 1 is 0.920 bits per heavy atom. The number of fused-ring (bicyclic) bond motifs is 2. The molecule has 4 fully saturated rings. The van der Waals surface area contributed by atoms with Crippen molar-refractivity contribution in [2.75, 3.05) is 39.3 Å². The highest BCUT2D eigenvalue weighted by Gasteiger charge is 2.44. The van der Waals surface area contributed by atoms with E-state index in [4.69, 9.17) is 0 Å². The standard InChI is InChI=1S/C20H33N3O2/c24-19(16-3-1-2-4-16)21-7-8-22-9-11-23(12-10-22)20(25)18-14-15-5-6-17(18)13-15/h15-18H,1-14H2,(H,21,24)/t15-,17-,18+/m0/s1. The molecule has 3 atom stereocenters. The van der Waals surface area contributed by atoms with Gasteiger partial charge in [-0.2, -0.15) is 0 Å². The van der Waals surface area contributed by atoms with Crippen molar-refractivity contribution in [1.29, 1.82) is 0 Å². The Kier molecular flexibility index (Phi) is 5.30. The molecule has 0 aromatic rings. The Morgan fingerprint density at radius 2 is 1.68 bits per heavy atom. The first-order valence-electron chi connectivity index (χ1n) is 10.5. The van der Waals surface area contributed by atoms with Crippen LogP contribution in [-0.4, -0.2) is 60.9 Å². The Hall–Kier alpha value is -1.10. The van der Waals surface area contributed by atoms with Gasteiger partial charge in [-0.15, -0.1) is 0 Å². The summed E-state index contributed by atoms with van der Waals surface area (Å²) in [7, 11) is 0. The molecule has 3 saturated carbocycles. The number of hydrogen-bond acceptors (Lipinski definition) is 3. The van der Waals surface area contributed by atoms with Crippen molar-refractivity contribution in [1.82, 2.24) is 15.1 Å². The molecule has 0 unspecified atom stereocenters. The van der Waals surface area contributed by atoms with Gasteiger partial charge in [0.15, 0.2) is 0 Å². The predicted molar refractivity (Wildman–Crippen MR) is 96.9 cm³/mol. The maximum Gasteiger partial charge on any atom is 0.226 e. The third kappa shape index (κ3) is 3.86. The van der Waals surface area contributed by atoms with Gasteiger partial charge in [-0.25, -0.2) is 0 Å². The number of rotatable bonds is 5. The first-order chi connectivity index (χ1) is 12.2. The lowest BCUT2D eigenvalue weighted by Crippen LogP contribution is -2.52. The van der Waals surface area contributed by atoms with Crippen LogP contribution in [0.2, 0.25) is 0 Å². The van der Waals surface area contributed by atoms with Gasteiger partial charge in [0, 0.05) is 51.1 Å². The zero-order valence-corrected chi connectivity index (χ0v) is 15.4. The smallest absolute Gasteiger partial charge is 0.226 e. The molecule has 140 valence electrons. The van der Waals surface area contributed by atoms with Crippen LogP contribution >= 0.6 is 0 Å². The quantitative estimate of drug-likeness (QED) is 0.826. The maximum absolute atomic E-state index is 12.8. The fourth-order valence-electron chi connectivity index (χ4n) is 5.64. The average Bonchev–Trinajstić information content (AvgIpc) is 3.39. The lowest BCUT2D eigenvalue weighted by atomic mass is 9.87. The minimum absolute atomic E-state index is 0.252. The van der Waals surface area contributed by atoms with Crippen molar-refractivity contribution in [3.8, 4) is 0 Å². The molecule has 1 saturated heterocycles. The summed E-state index contributed by atoms with van der Waals surface area (Å²) in [5.41, 5.74) is 0. The van der Waals surface area contributed by atoms with E-state index in [1.165, 1.54) is 32.1 Å². The monoisotopic (exact) mass is 347 g/mol. The van der Waals surface area contributed by atoms with Crippen LogP contribution in [0.4, 0.5) is 0 Å².